The molecule has 1 saturated carbocycles. The third-order valence-corrected chi connectivity index (χ3v) is 4.78. The van der Waals surface area contributed by atoms with E-state index in [4.69, 9.17) is 23.2 Å². The Bertz CT molecular complexity index is 681. The smallest absolute Gasteiger partial charge is 0.202 e. The van der Waals surface area contributed by atoms with Crippen LogP contribution in [-0.4, -0.2) is 16.7 Å². The monoisotopic (exact) mass is 324 g/mol. The van der Waals surface area contributed by atoms with Crippen molar-refractivity contribution in [1.29, 1.82) is 10.5 Å². The Balaban J connectivity index is 2.73. The van der Waals surface area contributed by atoms with Crippen LogP contribution in [0.5, 0.6) is 0 Å². The summed E-state index contributed by atoms with van der Waals surface area (Å²) >= 11 is 11.5. The summed E-state index contributed by atoms with van der Waals surface area (Å²) in [5, 5.41) is 27.8. The van der Waals surface area contributed by atoms with Gasteiger partial charge in [0.2, 0.25) is 5.78 Å². The molecule has 2 aliphatic carbocycles. The quantitative estimate of drug-likeness (QED) is 0.798. The molecule has 2 aliphatic rings. The van der Waals surface area contributed by atoms with E-state index in [1.54, 1.807) is 12.1 Å². The average molecular weight is 325 g/mol. The number of nitrogens with zero attached hydrogens (tertiary/aromatic N) is 2. The number of carbonyl (C=O) groups is 2. The Morgan fingerprint density at radius 1 is 1.19 bits per heavy atom. The first-order valence-corrected chi connectivity index (χ1v) is 7.05. The second kappa shape index (κ2) is 5.52. The van der Waals surface area contributed by atoms with Crippen LogP contribution in [0.1, 0.15) is 25.7 Å². The summed E-state index contributed by atoms with van der Waals surface area (Å²) in [5.74, 6) is -2.87. The van der Waals surface area contributed by atoms with Crippen molar-refractivity contribution in [1.82, 2.24) is 0 Å². The molecule has 0 heterocycles. The van der Waals surface area contributed by atoms with Crippen molar-refractivity contribution in [3.8, 4) is 12.1 Å². The molecular weight excluding hydrogens is 315 g/mol. The second-order valence-corrected chi connectivity index (χ2v) is 5.73. The lowest BCUT2D eigenvalue weighted by molar-refractivity contribution is -0.134. The number of aliphatic hydroxyl groups excluding tert-OH is 1. The van der Waals surface area contributed by atoms with Gasteiger partial charge < -0.3 is 5.11 Å². The minimum atomic E-state index is -2.08. The molecule has 1 N–H and O–H groups in total. The van der Waals surface area contributed by atoms with Gasteiger partial charge in [-0.1, -0.05) is 29.6 Å². The molecule has 2 unspecified atom stereocenters. The van der Waals surface area contributed by atoms with E-state index >= 15 is 0 Å². The van der Waals surface area contributed by atoms with Gasteiger partial charge in [-0.25, -0.2) is 0 Å². The Morgan fingerprint density at radius 3 is 2.38 bits per heavy atom. The Morgan fingerprint density at radius 2 is 1.86 bits per heavy atom. The number of allylic oxidation sites excluding steroid dienone is 3. The lowest BCUT2D eigenvalue weighted by atomic mass is 9.61. The predicted octanol–water partition coefficient (Wildman–Crippen LogP) is 2.86. The summed E-state index contributed by atoms with van der Waals surface area (Å²) in [5.41, 5.74) is -2.57. The van der Waals surface area contributed by atoms with Crippen molar-refractivity contribution in [3.63, 3.8) is 0 Å². The molecular formula is C14H10Cl2N2O3. The summed E-state index contributed by atoms with van der Waals surface area (Å²) in [6.45, 7) is 0. The molecule has 7 heteroatoms. The molecule has 0 bridgehead atoms. The number of ketones is 2. The van der Waals surface area contributed by atoms with Gasteiger partial charge in [0.25, 0.3) is 0 Å². The predicted molar refractivity (Wildman–Crippen MR) is 74.0 cm³/mol. The topological polar surface area (TPSA) is 102 Å². The molecule has 0 aromatic heterocycles. The van der Waals surface area contributed by atoms with Crippen LogP contribution >= 0.6 is 23.2 Å². The molecule has 0 amide bonds. The van der Waals surface area contributed by atoms with Crippen molar-refractivity contribution in [3.05, 3.63) is 21.4 Å². The highest BCUT2D eigenvalue weighted by Gasteiger charge is 2.57. The molecule has 2 rings (SSSR count). The molecule has 0 aromatic carbocycles. The number of rotatable bonds is 1. The van der Waals surface area contributed by atoms with Crippen LogP contribution in [0.25, 0.3) is 0 Å². The highest BCUT2D eigenvalue weighted by Crippen LogP contribution is 2.49. The first kappa shape index (κ1) is 15.6. The van der Waals surface area contributed by atoms with Gasteiger partial charge >= 0.3 is 0 Å². The maximum absolute atomic E-state index is 12.5. The molecule has 1 fully saturated rings. The fraction of sp³-hybridized carbons (Fsp3) is 0.429. The van der Waals surface area contributed by atoms with Gasteiger partial charge in [-0.2, -0.15) is 10.5 Å². The van der Waals surface area contributed by atoms with Gasteiger partial charge in [0.05, 0.1) is 6.07 Å². The summed E-state index contributed by atoms with van der Waals surface area (Å²) in [4.78, 5) is 24.7. The normalized spacial score (nSPS) is 30.2. The molecule has 5 nitrogen and oxygen atoms in total. The van der Waals surface area contributed by atoms with Crippen molar-refractivity contribution in [2.75, 3.05) is 0 Å². The van der Waals surface area contributed by atoms with Gasteiger partial charge in [0.15, 0.2) is 11.2 Å². The number of Topliss-reactive ketones (excluding diaryl/α,β-unsaturated/α-hetero) is 2. The van der Waals surface area contributed by atoms with E-state index in [1.165, 1.54) is 0 Å². The Labute approximate surface area is 131 Å². The van der Waals surface area contributed by atoms with Crippen molar-refractivity contribution < 1.29 is 14.7 Å². The number of hydrogen-bond donors (Lipinski definition) is 1. The summed E-state index contributed by atoms with van der Waals surface area (Å²) in [7, 11) is 0. The molecule has 21 heavy (non-hydrogen) atoms. The average Bonchev–Trinajstić information content (AvgIpc) is 2.49. The van der Waals surface area contributed by atoms with E-state index in [9.17, 15) is 25.2 Å². The Kier molecular flexibility index (Phi) is 4.09. The van der Waals surface area contributed by atoms with Crippen molar-refractivity contribution in [2.24, 2.45) is 11.3 Å². The summed E-state index contributed by atoms with van der Waals surface area (Å²) in [6, 6.07) is 3.41. The number of aliphatic hydroxyl groups is 1. The van der Waals surface area contributed by atoms with E-state index in [-0.39, 0.29) is 12.2 Å². The van der Waals surface area contributed by atoms with Gasteiger partial charge in [0.1, 0.15) is 27.5 Å². The zero-order valence-corrected chi connectivity index (χ0v) is 12.3. The summed E-state index contributed by atoms with van der Waals surface area (Å²) < 4.78 is 0. The molecule has 0 aromatic rings. The molecule has 0 aliphatic heterocycles. The molecule has 108 valence electrons. The number of hydrogen-bond acceptors (Lipinski definition) is 5. The van der Waals surface area contributed by atoms with Crippen LogP contribution in [0.3, 0.4) is 0 Å². The van der Waals surface area contributed by atoms with Crippen LogP contribution < -0.4 is 0 Å². The maximum atomic E-state index is 12.5. The van der Waals surface area contributed by atoms with E-state index in [0.717, 1.165) is 0 Å². The zero-order chi connectivity index (χ0) is 15.8. The minimum absolute atomic E-state index is 0.232. The van der Waals surface area contributed by atoms with E-state index in [1.807, 2.05) is 0 Å². The first-order chi connectivity index (χ1) is 9.91. The fourth-order valence-corrected chi connectivity index (χ4v) is 3.30. The van der Waals surface area contributed by atoms with Gasteiger partial charge in [0, 0.05) is 12.3 Å². The van der Waals surface area contributed by atoms with Crippen LogP contribution in [0.4, 0.5) is 0 Å². The standard InChI is InChI=1S/C14H10Cl2N2O3/c15-10-11(16)13(21)14(6-18,8(5-17)12(10)20)7-3-1-2-4-9(7)19/h7,20H,1-4H2. The number of halogens is 2. The van der Waals surface area contributed by atoms with Crippen molar-refractivity contribution in [2.45, 2.75) is 25.7 Å². The van der Waals surface area contributed by atoms with E-state index in [0.29, 0.717) is 19.3 Å². The minimum Gasteiger partial charge on any atom is -0.505 e. The van der Waals surface area contributed by atoms with E-state index in [2.05, 4.69) is 0 Å². The first-order valence-electron chi connectivity index (χ1n) is 6.30. The van der Waals surface area contributed by atoms with Crippen LogP contribution in [0.15, 0.2) is 21.4 Å². The molecule has 0 saturated heterocycles. The number of nitriles is 2. The van der Waals surface area contributed by atoms with E-state index < -0.39 is 38.5 Å². The highest BCUT2D eigenvalue weighted by atomic mass is 35.5. The fourth-order valence-electron chi connectivity index (χ4n) is 2.89. The highest BCUT2D eigenvalue weighted by molar-refractivity contribution is 6.51. The van der Waals surface area contributed by atoms with Crippen LogP contribution in [0, 0.1) is 34.0 Å². The second-order valence-electron chi connectivity index (χ2n) is 4.98. The molecule has 2 atom stereocenters. The van der Waals surface area contributed by atoms with Gasteiger partial charge in [-0.3, -0.25) is 9.59 Å². The van der Waals surface area contributed by atoms with Crippen LogP contribution in [0.2, 0.25) is 0 Å². The SMILES string of the molecule is N#CC1=C(O)C(Cl)=C(Cl)C(=O)C1(C#N)C1CCCCC1=O. The molecule has 0 spiro atoms. The molecule has 0 radical (unpaired) electrons. The Hall–Kier alpha value is -1.82. The third-order valence-electron chi connectivity index (χ3n) is 3.95. The summed E-state index contributed by atoms with van der Waals surface area (Å²) in [6.07, 6.45) is 1.85. The number of carbonyl (C=O) groups excluding carboxylic acids is 2. The van der Waals surface area contributed by atoms with Gasteiger partial charge in [-0.05, 0) is 12.8 Å². The lowest BCUT2D eigenvalue weighted by Crippen LogP contribution is -2.46. The lowest BCUT2D eigenvalue weighted by Gasteiger charge is -2.36. The zero-order valence-electron chi connectivity index (χ0n) is 10.8. The maximum Gasteiger partial charge on any atom is 0.202 e. The van der Waals surface area contributed by atoms with Crippen LogP contribution in [-0.2, 0) is 9.59 Å². The van der Waals surface area contributed by atoms with Gasteiger partial charge in [-0.15, -0.1) is 0 Å². The largest absolute Gasteiger partial charge is 0.505 e. The third kappa shape index (κ3) is 2.05. The van der Waals surface area contributed by atoms with Crippen molar-refractivity contribution >= 4 is 34.8 Å².